The average Bonchev–Trinajstić information content (AvgIpc) is 2.46. The first-order chi connectivity index (χ1) is 10.7. The number of alkyl halides is 3. The summed E-state index contributed by atoms with van der Waals surface area (Å²) in [6, 6.07) is 8.06. The van der Waals surface area contributed by atoms with Crippen LogP contribution < -0.4 is 0 Å². The van der Waals surface area contributed by atoms with E-state index in [4.69, 9.17) is 5.11 Å². The highest BCUT2D eigenvalue weighted by Crippen LogP contribution is 2.33. The fourth-order valence-corrected chi connectivity index (χ4v) is 2.10. The Bertz CT molecular complexity index is 772. The molecular weight excluding hydrogens is 315 g/mol. The molecule has 5 nitrogen and oxygen atoms in total. The Labute approximate surface area is 128 Å². The predicted octanol–water partition coefficient (Wildman–Crippen LogP) is 3.91. The van der Waals surface area contributed by atoms with Crippen molar-refractivity contribution in [3.8, 4) is 11.1 Å². The molecule has 0 fully saturated rings. The number of hydrogen-bond acceptors (Lipinski definition) is 3. The summed E-state index contributed by atoms with van der Waals surface area (Å²) in [5.74, 6) is -1.24. The number of nitro benzene ring substituents is 1. The lowest BCUT2D eigenvalue weighted by Crippen LogP contribution is -2.05. The molecule has 0 radical (unpaired) electrons. The van der Waals surface area contributed by atoms with Crippen LogP contribution in [0.15, 0.2) is 42.5 Å². The summed E-state index contributed by atoms with van der Waals surface area (Å²) in [4.78, 5) is 21.0. The van der Waals surface area contributed by atoms with Gasteiger partial charge in [0.2, 0.25) is 0 Å². The van der Waals surface area contributed by atoms with Gasteiger partial charge >= 0.3 is 12.1 Å². The molecule has 0 aliphatic carbocycles. The first kappa shape index (κ1) is 16.5. The number of benzene rings is 2. The Kier molecular flexibility index (Phi) is 4.35. The zero-order valence-electron chi connectivity index (χ0n) is 11.5. The van der Waals surface area contributed by atoms with E-state index in [2.05, 4.69) is 0 Å². The smallest absolute Gasteiger partial charge is 0.416 e. The molecule has 0 aliphatic heterocycles. The SMILES string of the molecule is O=C(O)Cc1ccc(-c2cccc(C(F)(F)F)c2)cc1[N+](=O)[O-]. The molecule has 0 atom stereocenters. The number of nitrogens with zero attached hydrogens (tertiary/aromatic N) is 1. The second-order valence-electron chi connectivity index (χ2n) is 4.75. The number of carboxylic acid groups (broad SMARTS) is 1. The van der Waals surface area contributed by atoms with Gasteiger partial charge in [0.25, 0.3) is 5.69 Å². The van der Waals surface area contributed by atoms with Crippen molar-refractivity contribution in [2.45, 2.75) is 12.6 Å². The summed E-state index contributed by atoms with van der Waals surface area (Å²) < 4.78 is 38.2. The molecule has 2 aromatic rings. The van der Waals surface area contributed by atoms with Gasteiger partial charge in [-0.2, -0.15) is 13.2 Å². The molecule has 2 aromatic carbocycles. The van der Waals surface area contributed by atoms with Crippen molar-refractivity contribution < 1.29 is 28.0 Å². The Balaban J connectivity index is 2.51. The van der Waals surface area contributed by atoms with E-state index in [-0.39, 0.29) is 16.7 Å². The normalized spacial score (nSPS) is 11.3. The van der Waals surface area contributed by atoms with Crippen LogP contribution in [0.25, 0.3) is 11.1 Å². The van der Waals surface area contributed by atoms with Crippen molar-refractivity contribution in [3.63, 3.8) is 0 Å². The number of hydrogen-bond donors (Lipinski definition) is 1. The monoisotopic (exact) mass is 325 g/mol. The first-order valence-electron chi connectivity index (χ1n) is 6.35. The number of rotatable bonds is 4. The van der Waals surface area contributed by atoms with Crippen LogP contribution >= 0.6 is 0 Å². The fraction of sp³-hybridized carbons (Fsp3) is 0.133. The van der Waals surface area contributed by atoms with Crippen molar-refractivity contribution in [3.05, 3.63) is 63.7 Å². The van der Waals surface area contributed by atoms with Crippen LogP contribution in [-0.2, 0) is 17.4 Å². The maximum Gasteiger partial charge on any atom is 0.416 e. The number of halogens is 3. The minimum Gasteiger partial charge on any atom is -0.481 e. The van der Waals surface area contributed by atoms with Crippen LogP contribution in [0.3, 0.4) is 0 Å². The van der Waals surface area contributed by atoms with Crippen molar-refractivity contribution in [2.24, 2.45) is 0 Å². The lowest BCUT2D eigenvalue weighted by molar-refractivity contribution is -0.385. The standard InChI is InChI=1S/C15H10F3NO4/c16-15(17,18)12-3-1-2-9(6-12)10-4-5-11(8-14(20)21)13(7-10)19(22)23/h1-7H,8H2,(H,20,21). The third-order valence-electron chi connectivity index (χ3n) is 3.15. The van der Waals surface area contributed by atoms with Gasteiger partial charge in [-0.05, 0) is 23.3 Å². The summed E-state index contributed by atoms with van der Waals surface area (Å²) in [6.45, 7) is 0. The molecule has 1 N–H and O–H groups in total. The van der Waals surface area contributed by atoms with Gasteiger partial charge in [0.05, 0.1) is 16.9 Å². The fourth-order valence-electron chi connectivity index (χ4n) is 2.10. The van der Waals surface area contributed by atoms with Gasteiger partial charge in [-0.15, -0.1) is 0 Å². The summed E-state index contributed by atoms with van der Waals surface area (Å²) in [5.41, 5.74) is -0.963. The molecule has 0 saturated carbocycles. The van der Waals surface area contributed by atoms with Crippen LogP contribution in [0.4, 0.5) is 18.9 Å². The van der Waals surface area contributed by atoms with E-state index in [1.165, 1.54) is 24.3 Å². The molecular formula is C15H10F3NO4. The number of carboxylic acids is 1. The molecule has 0 spiro atoms. The molecule has 23 heavy (non-hydrogen) atoms. The molecule has 0 amide bonds. The molecule has 0 aliphatic rings. The highest BCUT2D eigenvalue weighted by atomic mass is 19.4. The molecule has 0 aromatic heterocycles. The van der Waals surface area contributed by atoms with E-state index in [1.54, 1.807) is 0 Å². The van der Waals surface area contributed by atoms with Gasteiger partial charge in [-0.25, -0.2) is 0 Å². The van der Waals surface area contributed by atoms with Gasteiger partial charge in [0, 0.05) is 11.6 Å². The average molecular weight is 325 g/mol. The number of aliphatic carboxylic acids is 1. The maximum atomic E-state index is 12.7. The quantitative estimate of drug-likeness (QED) is 0.683. The van der Waals surface area contributed by atoms with E-state index in [9.17, 15) is 28.1 Å². The largest absolute Gasteiger partial charge is 0.481 e. The summed E-state index contributed by atoms with van der Waals surface area (Å²) >= 11 is 0. The molecule has 0 bridgehead atoms. The first-order valence-corrected chi connectivity index (χ1v) is 6.35. The molecule has 0 unspecified atom stereocenters. The molecule has 2 rings (SSSR count). The van der Waals surface area contributed by atoms with Crippen molar-refractivity contribution in [1.82, 2.24) is 0 Å². The topological polar surface area (TPSA) is 80.4 Å². The highest BCUT2D eigenvalue weighted by molar-refractivity contribution is 5.74. The number of nitro groups is 1. The van der Waals surface area contributed by atoms with Crippen molar-refractivity contribution >= 4 is 11.7 Å². The highest BCUT2D eigenvalue weighted by Gasteiger charge is 2.30. The third-order valence-corrected chi connectivity index (χ3v) is 3.15. The molecule has 120 valence electrons. The van der Waals surface area contributed by atoms with Crippen LogP contribution in [0.2, 0.25) is 0 Å². The molecule has 0 saturated heterocycles. The van der Waals surface area contributed by atoms with Crippen LogP contribution in [0.5, 0.6) is 0 Å². The lowest BCUT2D eigenvalue weighted by atomic mass is 9.99. The predicted molar refractivity (Wildman–Crippen MR) is 74.9 cm³/mol. The van der Waals surface area contributed by atoms with Crippen LogP contribution in [-0.4, -0.2) is 16.0 Å². The van der Waals surface area contributed by atoms with Gasteiger partial charge in [0.15, 0.2) is 0 Å². The maximum absolute atomic E-state index is 12.7. The van der Waals surface area contributed by atoms with Gasteiger partial charge in [-0.3, -0.25) is 14.9 Å². The van der Waals surface area contributed by atoms with E-state index < -0.39 is 34.7 Å². The summed E-state index contributed by atoms with van der Waals surface area (Å²) in [6.07, 6.45) is -5.07. The van der Waals surface area contributed by atoms with E-state index in [0.717, 1.165) is 18.2 Å². The molecule has 8 heteroatoms. The van der Waals surface area contributed by atoms with E-state index >= 15 is 0 Å². The van der Waals surface area contributed by atoms with Crippen molar-refractivity contribution in [2.75, 3.05) is 0 Å². The third kappa shape index (κ3) is 3.85. The Morgan fingerprint density at radius 3 is 2.35 bits per heavy atom. The van der Waals surface area contributed by atoms with Crippen LogP contribution in [0, 0.1) is 10.1 Å². The second kappa shape index (κ2) is 6.07. The van der Waals surface area contributed by atoms with Gasteiger partial charge in [-0.1, -0.05) is 24.3 Å². The Morgan fingerprint density at radius 1 is 1.13 bits per heavy atom. The molecule has 0 heterocycles. The Hall–Kier alpha value is -2.90. The zero-order valence-corrected chi connectivity index (χ0v) is 11.5. The van der Waals surface area contributed by atoms with E-state index in [1.807, 2.05) is 0 Å². The number of carbonyl (C=O) groups is 1. The van der Waals surface area contributed by atoms with Crippen LogP contribution in [0.1, 0.15) is 11.1 Å². The minimum atomic E-state index is -4.52. The second-order valence-corrected chi connectivity index (χ2v) is 4.75. The minimum absolute atomic E-state index is 0.0155. The van der Waals surface area contributed by atoms with Gasteiger partial charge in [0.1, 0.15) is 0 Å². The van der Waals surface area contributed by atoms with E-state index in [0.29, 0.717) is 0 Å². The Morgan fingerprint density at radius 2 is 1.78 bits per heavy atom. The van der Waals surface area contributed by atoms with Crippen molar-refractivity contribution in [1.29, 1.82) is 0 Å². The lowest BCUT2D eigenvalue weighted by Gasteiger charge is -2.09. The van der Waals surface area contributed by atoms with Gasteiger partial charge < -0.3 is 5.11 Å². The summed E-state index contributed by atoms with van der Waals surface area (Å²) in [5, 5.41) is 19.8. The zero-order chi connectivity index (χ0) is 17.2. The summed E-state index contributed by atoms with van der Waals surface area (Å²) in [7, 11) is 0.